The molecule has 0 aromatic carbocycles. The zero-order valence-corrected chi connectivity index (χ0v) is 9.65. The Morgan fingerprint density at radius 2 is 2.07 bits per heavy atom. The lowest BCUT2D eigenvalue weighted by molar-refractivity contribution is 0.508. The van der Waals surface area contributed by atoms with Gasteiger partial charge in [0.05, 0.1) is 0 Å². The Labute approximate surface area is 92.1 Å². The summed E-state index contributed by atoms with van der Waals surface area (Å²) in [5.41, 5.74) is 0. The molecular formula is C11H21N4. The molecule has 4 heteroatoms. The van der Waals surface area contributed by atoms with Gasteiger partial charge in [-0.2, -0.15) is 0 Å². The molecule has 0 aliphatic carbocycles. The lowest BCUT2D eigenvalue weighted by Crippen LogP contribution is -2.06. The van der Waals surface area contributed by atoms with Crippen LogP contribution in [-0.2, 0) is 13.0 Å². The van der Waals surface area contributed by atoms with Crippen molar-refractivity contribution in [2.45, 2.75) is 58.4 Å². The van der Waals surface area contributed by atoms with Crippen molar-refractivity contribution in [2.75, 3.05) is 0 Å². The topological polar surface area (TPSA) is 43.6 Å². The average Bonchev–Trinajstić information content (AvgIpc) is 2.69. The molecule has 0 unspecified atom stereocenters. The largest absolute Gasteiger partial charge is 0.230 e. The van der Waals surface area contributed by atoms with Crippen molar-refractivity contribution < 1.29 is 0 Å². The van der Waals surface area contributed by atoms with Crippen LogP contribution in [0.1, 0.15) is 51.3 Å². The van der Waals surface area contributed by atoms with Gasteiger partial charge < -0.3 is 0 Å². The van der Waals surface area contributed by atoms with Gasteiger partial charge >= 0.3 is 0 Å². The number of rotatable bonds is 8. The SMILES string of the molecule is [CH2]CCCc1nnnn1CCCCCC. The number of unbranched alkanes of at least 4 members (excludes halogenated alkanes) is 4. The van der Waals surface area contributed by atoms with Crippen LogP contribution in [0.4, 0.5) is 0 Å². The van der Waals surface area contributed by atoms with Crippen molar-refractivity contribution in [1.29, 1.82) is 0 Å². The molecule has 1 aromatic heterocycles. The maximum Gasteiger partial charge on any atom is 0.151 e. The standard InChI is InChI=1S/C11H21N4/c1-3-5-7-8-10-15-11(9-6-4-2)12-13-14-15/h2-10H2,1H3. The molecule has 1 aromatic rings. The molecule has 1 heterocycles. The Bertz CT molecular complexity index is 257. The summed E-state index contributed by atoms with van der Waals surface area (Å²) >= 11 is 0. The zero-order valence-electron chi connectivity index (χ0n) is 9.65. The van der Waals surface area contributed by atoms with E-state index in [-0.39, 0.29) is 0 Å². The van der Waals surface area contributed by atoms with Crippen molar-refractivity contribution in [1.82, 2.24) is 20.2 Å². The molecule has 15 heavy (non-hydrogen) atoms. The summed E-state index contributed by atoms with van der Waals surface area (Å²) in [6, 6.07) is 0. The Kier molecular flexibility index (Phi) is 5.97. The highest BCUT2D eigenvalue weighted by molar-refractivity contribution is 4.80. The fourth-order valence-corrected chi connectivity index (χ4v) is 1.55. The number of tetrazole rings is 1. The number of aromatic nitrogens is 4. The first-order valence-corrected chi connectivity index (χ1v) is 5.92. The van der Waals surface area contributed by atoms with Gasteiger partial charge in [-0.15, -0.1) is 5.10 Å². The minimum atomic E-state index is 0.947. The van der Waals surface area contributed by atoms with Crippen molar-refractivity contribution in [3.05, 3.63) is 12.7 Å². The molecule has 4 nitrogen and oxygen atoms in total. The molecular weight excluding hydrogens is 188 g/mol. The summed E-state index contributed by atoms with van der Waals surface area (Å²) in [6.07, 6.45) is 7.98. The number of aryl methyl sites for hydroxylation is 2. The predicted octanol–water partition coefficient (Wildman–Crippen LogP) is 2.41. The van der Waals surface area contributed by atoms with Crippen molar-refractivity contribution in [3.63, 3.8) is 0 Å². The third-order valence-corrected chi connectivity index (χ3v) is 2.48. The van der Waals surface area contributed by atoms with E-state index >= 15 is 0 Å². The number of hydrogen-bond donors (Lipinski definition) is 0. The van der Waals surface area contributed by atoms with Crippen LogP contribution in [0.2, 0.25) is 0 Å². The molecule has 0 bridgehead atoms. The minimum Gasteiger partial charge on any atom is -0.230 e. The van der Waals surface area contributed by atoms with Gasteiger partial charge in [-0.05, 0) is 23.3 Å². The highest BCUT2D eigenvalue weighted by Crippen LogP contribution is 2.04. The van der Waals surface area contributed by atoms with Crippen LogP contribution in [0.25, 0.3) is 0 Å². The molecule has 0 saturated carbocycles. The molecule has 1 radical (unpaired) electrons. The average molecular weight is 209 g/mol. The molecule has 0 amide bonds. The Morgan fingerprint density at radius 3 is 2.80 bits per heavy atom. The monoisotopic (exact) mass is 209 g/mol. The molecule has 1 rings (SSSR count). The Balaban J connectivity index is 2.29. The minimum absolute atomic E-state index is 0.947. The lowest BCUT2D eigenvalue weighted by Gasteiger charge is -2.03. The highest BCUT2D eigenvalue weighted by atomic mass is 15.5. The van der Waals surface area contributed by atoms with Crippen LogP contribution >= 0.6 is 0 Å². The van der Waals surface area contributed by atoms with Crippen molar-refractivity contribution in [2.24, 2.45) is 0 Å². The van der Waals surface area contributed by atoms with Gasteiger partial charge in [-0.25, -0.2) is 4.68 Å². The van der Waals surface area contributed by atoms with Crippen LogP contribution in [0.15, 0.2) is 0 Å². The van der Waals surface area contributed by atoms with E-state index in [1.807, 2.05) is 4.68 Å². The Morgan fingerprint density at radius 1 is 1.20 bits per heavy atom. The first-order valence-electron chi connectivity index (χ1n) is 5.92. The number of nitrogens with zero attached hydrogens (tertiary/aromatic N) is 4. The van der Waals surface area contributed by atoms with Crippen molar-refractivity contribution >= 4 is 0 Å². The summed E-state index contributed by atoms with van der Waals surface area (Å²) in [7, 11) is 0. The lowest BCUT2D eigenvalue weighted by atomic mass is 10.2. The number of hydrogen-bond acceptors (Lipinski definition) is 3. The summed E-state index contributed by atoms with van der Waals surface area (Å²) in [4.78, 5) is 0. The molecule has 0 saturated heterocycles. The second-order valence-electron chi connectivity index (χ2n) is 3.84. The Hall–Kier alpha value is -0.930. The molecule has 0 atom stereocenters. The van der Waals surface area contributed by atoms with Gasteiger partial charge in [-0.3, -0.25) is 0 Å². The van der Waals surface area contributed by atoms with E-state index in [2.05, 4.69) is 29.4 Å². The van der Waals surface area contributed by atoms with Crippen LogP contribution in [0.5, 0.6) is 0 Å². The van der Waals surface area contributed by atoms with Crippen LogP contribution in [0.3, 0.4) is 0 Å². The normalized spacial score (nSPS) is 10.8. The second kappa shape index (κ2) is 7.37. The summed E-state index contributed by atoms with van der Waals surface area (Å²) < 4.78 is 1.94. The second-order valence-corrected chi connectivity index (χ2v) is 3.84. The van der Waals surface area contributed by atoms with Gasteiger partial charge in [0.15, 0.2) is 5.82 Å². The van der Waals surface area contributed by atoms with Gasteiger partial charge in [0.25, 0.3) is 0 Å². The van der Waals surface area contributed by atoms with E-state index in [4.69, 9.17) is 0 Å². The molecule has 0 spiro atoms. The molecule has 0 aliphatic heterocycles. The van der Waals surface area contributed by atoms with E-state index in [1.165, 1.54) is 25.7 Å². The van der Waals surface area contributed by atoms with E-state index in [0.717, 1.165) is 31.6 Å². The smallest absolute Gasteiger partial charge is 0.151 e. The maximum absolute atomic E-state index is 4.03. The van der Waals surface area contributed by atoms with Crippen molar-refractivity contribution in [3.8, 4) is 0 Å². The molecule has 0 aliphatic rings. The zero-order chi connectivity index (χ0) is 10.9. The van der Waals surface area contributed by atoms with E-state index in [0.29, 0.717) is 0 Å². The fourth-order valence-electron chi connectivity index (χ4n) is 1.55. The van der Waals surface area contributed by atoms with Gasteiger partial charge in [-0.1, -0.05) is 39.5 Å². The van der Waals surface area contributed by atoms with E-state index < -0.39 is 0 Å². The van der Waals surface area contributed by atoms with Gasteiger partial charge in [0.1, 0.15) is 0 Å². The molecule has 0 fully saturated rings. The molecule has 0 N–H and O–H groups in total. The third-order valence-electron chi connectivity index (χ3n) is 2.48. The summed E-state index contributed by atoms with van der Waals surface area (Å²) in [6.45, 7) is 7.00. The van der Waals surface area contributed by atoms with Gasteiger partial charge in [0, 0.05) is 13.0 Å². The van der Waals surface area contributed by atoms with E-state index in [1.54, 1.807) is 0 Å². The maximum atomic E-state index is 4.03. The first kappa shape index (κ1) is 12.1. The summed E-state index contributed by atoms with van der Waals surface area (Å²) in [5, 5.41) is 11.7. The first-order chi connectivity index (χ1) is 7.38. The van der Waals surface area contributed by atoms with Crippen LogP contribution in [-0.4, -0.2) is 20.2 Å². The van der Waals surface area contributed by atoms with Crippen LogP contribution in [0, 0.1) is 6.92 Å². The molecule has 85 valence electrons. The quantitative estimate of drug-likeness (QED) is 0.617. The van der Waals surface area contributed by atoms with Gasteiger partial charge in [0.2, 0.25) is 0 Å². The highest BCUT2D eigenvalue weighted by Gasteiger charge is 2.04. The predicted molar refractivity (Wildman–Crippen MR) is 60.3 cm³/mol. The fraction of sp³-hybridized carbons (Fsp3) is 0.818. The van der Waals surface area contributed by atoms with Crippen LogP contribution < -0.4 is 0 Å². The summed E-state index contributed by atoms with van der Waals surface area (Å²) in [5.74, 6) is 1.01. The van der Waals surface area contributed by atoms with E-state index in [9.17, 15) is 0 Å². The third kappa shape index (κ3) is 4.40.